The first-order chi connectivity index (χ1) is 13.8. The summed E-state index contributed by atoms with van der Waals surface area (Å²) < 4.78 is 27.2. The maximum Gasteiger partial charge on any atom is 0.243 e. The number of amides is 1. The SMILES string of the molecule is CN(CC(=O)NC12CC3CC(CC(C3)C1)C2)S(=O)(=O)c1ccc2ccccc2c1. The third kappa shape index (κ3) is 3.46. The molecular formula is C23H28N2O3S. The fraction of sp³-hybridized carbons (Fsp3) is 0.522. The standard InChI is InChI=1S/C23H28N2O3S/c1-25(29(27,28)21-7-6-19-4-2-3-5-20(19)11-21)15-22(26)24-23-12-16-8-17(13-23)10-18(9-16)14-23/h2-7,11,16-18H,8-10,12-15H2,1H3,(H,24,26). The number of nitrogens with zero attached hydrogens (tertiary/aromatic N) is 1. The van der Waals surface area contributed by atoms with Gasteiger partial charge in [0.2, 0.25) is 15.9 Å². The number of hydrogen-bond donors (Lipinski definition) is 1. The molecule has 1 N–H and O–H groups in total. The molecule has 0 aromatic heterocycles. The normalized spacial score (nSPS) is 30.8. The van der Waals surface area contributed by atoms with Crippen molar-refractivity contribution in [2.45, 2.75) is 49.0 Å². The van der Waals surface area contributed by atoms with Crippen molar-refractivity contribution in [1.82, 2.24) is 9.62 Å². The van der Waals surface area contributed by atoms with Crippen molar-refractivity contribution in [2.24, 2.45) is 17.8 Å². The van der Waals surface area contributed by atoms with E-state index < -0.39 is 10.0 Å². The van der Waals surface area contributed by atoms with Gasteiger partial charge in [-0.25, -0.2) is 8.42 Å². The Morgan fingerprint density at radius 3 is 2.21 bits per heavy atom. The van der Waals surface area contributed by atoms with Gasteiger partial charge in [-0.1, -0.05) is 30.3 Å². The molecule has 4 bridgehead atoms. The Morgan fingerprint density at radius 1 is 1.00 bits per heavy atom. The number of sulfonamides is 1. The number of likely N-dealkylation sites (N-methyl/N-ethyl adjacent to an activating group) is 1. The van der Waals surface area contributed by atoms with Crippen LogP contribution in [0.15, 0.2) is 47.4 Å². The molecule has 29 heavy (non-hydrogen) atoms. The van der Waals surface area contributed by atoms with E-state index in [0.717, 1.165) is 47.8 Å². The Labute approximate surface area is 172 Å². The van der Waals surface area contributed by atoms with Crippen molar-refractivity contribution >= 4 is 26.7 Å². The van der Waals surface area contributed by atoms with Gasteiger partial charge in [-0.2, -0.15) is 4.31 Å². The molecular weight excluding hydrogens is 384 g/mol. The summed E-state index contributed by atoms with van der Waals surface area (Å²) in [5.41, 5.74) is -0.0978. The highest BCUT2D eigenvalue weighted by molar-refractivity contribution is 7.89. The Kier molecular flexibility index (Phi) is 4.48. The van der Waals surface area contributed by atoms with Gasteiger partial charge in [0.1, 0.15) is 0 Å². The molecule has 4 aliphatic carbocycles. The Balaban J connectivity index is 1.30. The molecule has 4 saturated carbocycles. The minimum Gasteiger partial charge on any atom is -0.349 e. The molecule has 2 aromatic carbocycles. The average Bonchev–Trinajstić information content (AvgIpc) is 2.65. The van der Waals surface area contributed by atoms with Crippen LogP contribution >= 0.6 is 0 Å². The smallest absolute Gasteiger partial charge is 0.243 e. The number of hydrogen-bond acceptors (Lipinski definition) is 3. The van der Waals surface area contributed by atoms with E-state index >= 15 is 0 Å². The van der Waals surface area contributed by atoms with Crippen molar-refractivity contribution in [2.75, 3.05) is 13.6 Å². The molecule has 0 atom stereocenters. The highest BCUT2D eigenvalue weighted by atomic mass is 32.2. The number of nitrogens with one attached hydrogen (secondary N) is 1. The first-order valence-corrected chi connectivity index (χ1v) is 12.0. The van der Waals surface area contributed by atoms with Gasteiger partial charge in [-0.15, -0.1) is 0 Å². The molecule has 0 aliphatic heterocycles. The summed E-state index contributed by atoms with van der Waals surface area (Å²) in [5, 5.41) is 5.13. The molecule has 0 spiro atoms. The van der Waals surface area contributed by atoms with Crippen LogP contribution in [0.3, 0.4) is 0 Å². The highest BCUT2D eigenvalue weighted by Gasteiger charge is 2.51. The first-order valence-electron chi connectivity index (χ1n) is 10.6. The van der Waals surface area contributed by atoms with E-state index in [0.29, 0.717) is 0 Å². The van der Waals surface area contributed by atoms with Gasteiger partial charge in [0.15, 0.2) is 0 Å². The summed E-state index contributed by atoms with van der Waals surface area (Å²) in [4.78, 5) is 13.0. The summed E-state index contributed by atoms with van der Waals surface area (Å²) in [5.74, 6) is 2.03. The van der Waals surface area contributed by atoms with Gasteiger partial charge in [0.05, 0.1) is 11.4 Å². The summed E-state index contributed by atoms with van der Waals surface area (Å²) in [6.07, 6.45) is 7.12. The summed E-state index contributed by atoms with van der Waals surface area (Å²) in [7, 11) is -2.23. The molecule has 0 unspecified atom stereocenters. The second kappa shape index (κ2) is 6.81. The lowest BCUT2D eigenvalue weighted by Gasteiger charge is -2.57. The minimum atomic E-state index is -3.72. The van der Waals surface area contributed by atoms with Crippen molar-refractivity contribution in [3.8, 4) is 0 Å². The second-order valence-electron chi connectivity index (χ2n) is 9.52. The molecule has 2 aromatic rings. The van der Waals surface area contributed by atoms with Gasteiger partial charge in [-0.3, -0.25) is 4.79 Å². The van der Waals surface area contributed by atoms with Crippen LogP contribution in [0.5, 0.6) is 0 Å². The van der Waals surface area contributed by atoms with E-state index in [1.807, 2.05) is 30.3 Å². The van der Waals surface area contributed by atoms with Crippen molar-refractivity contribution in [1.29, 1.82) is 0 Å². The highest BCUT2D eigenvalue weighted by Crippen LogP contribution is 2.55. The van der Waals surface area contributed by atoms with Crippen LogP contribution in [0, 0.1) is 17.8 Å². The van der Waals surface area contributed by atoms with Crippen LogP contribution in [0.1, 0.15) is 38.5 Å². The van der Waals surface area contributed by atoms with Crippen LogP contribution < -0.4 is 5.32 Å². The largest absolute Gasteiger partial charge is 0.349 e. The van der Waals surface area contributed by atoms with Crippen LogP contribution in [0.2, 0.25) is 0 Å². The van der Waals surface area contributed by atoms with Crippen LogP contribution in [0.4, 0.5) is 0 Å². The molecule has 4 aliphatic rings. The Bertz CT molecular complexity index is 1030. The quantitative estimate of drug-likeness (QED) is 0.817. The molecule has 6 heteroatoms. The number of carbonyl (C=O) groups is 1. The summed E-state index contributed by atoms with van der Waals surface area (Å²) >= 11 is 0. The minimum absolute atomic E-state index is 0.0978. The number of benzene rings is 2. The zero-order valence-corrected chi connectivity index (χ0v) is 17.6. The molecule has 4 fully saturated rings. The van der Waals surface area contributed by atoms with E-state index in [1.165, 1.54) is 30.6 Å². The van der Waals surface area contributed by atoms with Gasteiger partial charge in [-0.05, 0) is 79.2 Å². The molecule has 0 heterocycles. The van der Waals surface area contributed by atoms with Crippen molar-refractivity contribution in [3.05, 3.63) is 42.5 Å². The average molecular weight is 413 g/mol. The van der Waals surface area contributed by atoms with Crippen LogP contribution in [-0.4, -0.2) is 37.8 Å². The van der Waals surface area contributed by atoms with Gasteiger partial charge in [0.25, 0.3) is 0 Å². The molecule has 6 rings (SSSR count). The lowest BCUT2D eigenvalue weighted by atomic mass is 9.53. The van der Waals surface area contributed by atoms with Crippen LogP contribution in [0.25, 0.3) is 10.8 Å². The summed E-state index contributed by atoms with van der Waals surface area (Å²) in [6, 6.07) is 12.8. The Morgan fingerprint density at radius 2 is 1.59 bits per heavy atom. The van der Waals surface area contributed by atoms with Gasteiger partial charge < -0.3 is 5.32 Å². The zero-order valence-electron chi connectivity index (χ0n) is 16.8. The predicted molar refractivity (Wildman–Crippen MR) is 113 cm³/mol. The third-order valence-corrected chi connectivity index (χ3v) is 9.04. The molecule has 5 nitrogen and oxygen atoms in total. The lowest BCUT2D eigenvalue weighted by Crippen LogP contribution is -2.61. The second-order valence-corrected chi connectivity index (χ2v) is 11.6. The maximum absolute atomic E-state index is 13.0. The molecule has 154 valence electrons. The van der Waals surface area contributed by atoms with Gasteiger partial charge in [0, 0.05) is 12.6 Å². The zero-order chi connectivity index (χ0) is 20.2. The van der Waals surface area contributed by atoms with Crippen molar-refractivity contribution in [3.63, 3.8) is 0 Å². The fourth-order valence-electron chi connectivity index (χ4n) is 6.39. The number of carbonyl (C=O) groups excluding carboxylic acids is 1. The molecule has 1 amide bonds. The van der Waals surface area contributed by atoms with E-state index in [9.17, 15) is 13.2 Å². The monoisotopic (exact) mass is 412 g/mol. The lowest BCUT2D eigenvalue weighted by molar-refractivity contribution is -0.126. The number of fused-ring (bicyclic) bond motifs is 1. The van der Waals surface area contributed by atoms with E-state index in [-0.39, 0.29) is 22.9 Å². The van der Waals surface area contributed by atoms with Crippen LogP contribution in [-0.2, 0) is 14.8 Å². The first kappa shape index (κ1) is 19.1. The third-order valence-electron chi connectivity index (χ3n) is 7.24. The predicted octanol–water partition coefficient (Wildman–Crippen LogP) is 3.55. The summed E-state index contributed by atoms with van der Waals surface area (Å²) in [6.45, 7) is -0.142. The Hall–Kier alpha value is -1.92. The molecule has 0 radical (unpaired) electrons. The topological polar surface area (TPSA) is 66.5 Å². The fourth-order valence-corrected chi connectivity index (χ4v) is 7.56. The maximum atomic E-state index is 13.0. The van der Waals surface area contributed by atoms with E-state index in [4.69, 9.17) is 0 Å². The van der Waals surface area contributed by atoms with Crippen molar-refractivity contribution < 1.29 is 13.2 Å². The van der Waals surface area contributed by atoms with E-state index in [1.54, 1.807) is 12.1 Å². The number of rotatable bonds is 5. The van der Waals surface area contributed by atoms with E-state index in [2.05, 4.69) is 5.32 Å². The van der Waals surface area contributed by atoms with Gasteiger partial charge >= 0.3 is 0 Å². The molecule has 0 saturated heterocycles.